The second-order valence-electron chi connectivity index (χ2n) is 3.67. The number of pyridine rings is 1. The Bertz CT molecular complexity index is 495. The number of nitrogens with one attached hydrogen (secondary N) is 1. The van der Waals surface area contributed by atoms with E-state index in [1.807, 2.05) is 24.3 Å². The van der Waals surface area contributed by atoms with Crippen LogP contribution >= 0.6 is 0 Å². The Hall–Kier alpha value is -1.90. The summed E-state index contributed by atoms with van der Waals surface area (Å²) in [5.41, 5.74) is 1.36. The molecular formula is C14H20N2O. The molecule has 0 fully saturated rings. The van der Waals surface area contributed by atoms with E-state index in [0.717, 1.165) is 10.9 Å². The van der Waals surface area contributed by atoms with E-state index in [1.165, 1.54) is 6.42 Å². The molecular weight excluding hydrogens is 212 g/mol. The minimum Gasteiger partial charge on any atom is -0.355 e. The first kappa shape index (κ1) is 13.2. The van der Waals surface area contributed by atoms with Gasteiger partial charge in [0.1, 0.15) is 0 Å². The van der Waals surface area contributed by atoms with Gasteiger partial charge in [0, 0.05) is 20.1 Å². The van der Waals surface area contributed by atoms with Gasteiger partial charge in [-0.1, -0.05) is 38.5 Å². The molecule has 0 unspecified atom stereocenters. The zero-order chi connectivity index (χ0) is 12.7. The van der Waals surface area contributed by atoms with Crippen LogP contribution in [0.3, 0.4) is 0 Å². The molecule has 0 spiro atoms. The van der Waals surface area contributed by atoms with Crippen LogP contribution in [0, 0.1) is 0 Å². The first-order valence-corrected chi connectivity index (χ1v) is 5.80. The van der Waals surface area contributed by atoms with Gasteiger partial charge in [0.2, 0.25) is 0 Å². The highest BCUT2D eigenvalue weighted by Crippen LogP contribution is 2.15. The number of amides is 1. The fraction of sp³-hybridized carbons (Fsp3) is 0.286. The summed E-state index contributed by atoms with van der Waals surface area (Å²) in [7, 11) is 1.62. The number of carbonyl (C=O) groups is 1. The average molecular weight is 232 g/mol. The molecule has 0 saturated heterocycles. The molecule has 0 aliphatic heterocycles. The van der Waals surface area contributed by atoms with Gasteiger partial charge in [0.25, 0.3) is 5.91 Å². The maximum Gasteiger partial charge on any atom is 0.253 e. The van der Waals surface area contributed by atoms with Crippen LogP contribution in [-0.2, 0) is 0 Å². The molecule has 3 heteroatoms. The minimum atomic E-state index is -0.103. The number of hydrogen-bond acceptors (Lipinski definition) is 2. The van der Waals surface area contributed by atoms with Gasteiger partial charge >= 0.3 is 0 Å². The molecule has 17 heavy (non-hydrogen) atoms. The fourth-order valence-electron chi connectivity index (χ4n) is 1.42. The highest BCUT2D eigenvalue weighted by Gasteiger charge is 2.07. The lowest BCUT2D eigenvalue weighted by molar-refractivity contribution is 0.0964. The van der Waals surface area contributed by atoms with E-state index in [2.05, 4.69) is 24.1 Å². The van der Waals surface area contributed by atoms with Gasteiger partial charge in [0.05, 0.1) is 11.1 Å². The Kier molecular flexibility index (Phi) is 5.14. The van der Waals surface area contributed by atoms with Crippen molar-refractivity contribution in [1.29, 1.82) is 0 Å². The standard InChI is InChI=1S/C11H10N2O.C3H8.H2/c1-12-11(14)9-6-2-4-8-5-3-7-13-10(8)9;1-3-2;/h2-7H,1H3,(H,12,14);3H2,1-2H3;1H. The molecule has 1 N–H and O–H groups in total. The normalized spacial score (nSPS) is 9.35. The number of nitrogens with zero attached hydrogens (tertiary/aromatic N) is 1. The summed E-state index contributed by atoms with van der Waals surface area (Å²) in [6.45, 7) is 4.25. The number of fused-ring (bicyclic) bond motifs is 1. The van der Waals surface area contributed by atoms with Crippen molar-refractivity contribution in [2.24, 2.45) is 0 Å². The Morgan fingerprint density at radius 1 is 1.29 bits per heavy atom. The highest BCUT2D eigenvalue weighted by molar-refractivity contribution is 6.05. The molecule has 1 aromatic carbocycles. The molecule has 2 aromatic rings. The Morgan fingerprint density at radius 2 is 1.94 bits per heavy atom. The molecule has 1 heterocycles. The summed E-state index contributed by atoms with van der Waals surface area (Å²) in [5, 5.41) is 3.57. The van der Waals surface area contributed by atoms with Crippen molar-refractivity contribution in [3.8, 4) is 0 Å². The summed E-state index contributed by atoms with van der Waals surface area (Å²) in [6.07, 6.45) is 2.94. The number of benzene rings is 1. The minimum absolute atomic E-state index is 0. The third-order valence-electron chi connectivity index (χ3n) is 2.10. The third kappa shape index (κ3) is 3.28. The SMILES string of the molecule is CCC.CNC(=O)c1cccc2cccnc12.[HH]. The maximum absolute atomic E-state index is 11.5. The quantitative estimate of drug-likeness (QED) is 0.820. The summed E-state index contributed by atoms with van der Waals surface area (Å²) < 4.78 is 0. The van der Waals surface area contributed by atoms with E-state index in [-0.39, 0.29) is 7.33 Å². The topological polar surface area (TPSA) is 42.0 Å². The molecule has 2 rings (SSSR count). The molecule has 1 aromatic heterocycles. The lowest BCUT2D eigenvalue weighted by Gasteiger charge is -2.03. The second-order valence-corrected chi connectivity index (χ2v) is 3.67. The molecule has 0 saturated carbocycles. The van der Waals surface area contributed by atoms with Crippen LogP contribution in [0.2, 0.25) is 0 Å². The summed E-state index contributed by atoms with van der Waals surface area (Å²) >= 11 is 0. The van der Waals surface area contributed by atoms with Crippen molar-refractivity contribution in [3.63, 3.8) is 0 Å². The van der Waals surface area contributed by atoms with Gasteiger partial charge in [-0.2, -0.15) is 0 Å². The lowest BCUT2D eigenvalue weighted by atomic mass is 10.1. The molecule has 0 atom stereocenters. The zero-order valence-corrected chi connectivity index (χ0v) is 10.5. The predicted molar refractivity (Wildman–Crippen MR) is 73.2 cm³/mol. The average Bonchev–Trinajstić information content (AvgIpc) is 2.38. The first-order valence-electron chi connectivity index (χ1n) is 5.80. The van der Waals surface area contributed by atoms with Crippen molar-refractivity contribution in [2.75, 3.05) is 7.05 Å². The van der Waals surface area contributed by atoms with Crippen LogP contribution < -0.4 is 5.32 Å². The zero-order valence-electron chi connectivity index (χ0n) is 10.5. The van der Waals surface area contributed by atoms with Crippen molar-refractivity contribution in [3.05, 3.63) is 42.1 Å². The Balaban J connectivity index is 0.000000660. The fourth-order valence-corrected chi connectivity index (χ4v) is 1.42. The van der Waals surface area contributed by atoms with E-state index in [9.17, 15) is 4.79 Å². The monoisotopic (exact) mass is 232 g/mol. The van der Waals surface area contributed by atoms with E-state index >= 15 is 0 Å². The predicted octanol–water partition coefficient (Wildman–Crippen LogP) is 3.26. The molecule has 92 valence electrons. The van der Waals surface area contributed by atoms with Crippen LogP contribution in [0.25, 0.3) is 10.9 Å². The lowest BCUT2D eigenvalue weighted by Crippen LogP contribution is -2.18. The number of carbonyl (C=O) groups excluding carboxylic acids is 1. The molecule has 0 bridgehead atoms. The van der Waals surface area contributed by atoms with Crippen LogP contribution in [0.4, 0.5) is 0 Å². The second kappa shape index (κ2) is 6.63. The smallest absolute Gasteiger partial charge is 0.253 e. The van der Waals surface area contributed by atoms with Crippen molar-refractivity contribution >= 4 is 16.8 Å². The van der Waals surface area contributed by atoms with E-state index in [0.29, 0.717) is 5.56 Å². The summed E-state index contributed by atoms with van der Waals surface area (Å²) in [4.78, 5) is 15.7. The van der Waals surface area contributed by atoms with E-state index in [4.69, 9.17) is 0 Å². The number of aromatic nitrogens is 1. The van der Waals surface area contributed by atoms with Crippen LogP contribution in [0.1, 0.15) is 32.1 Å². The van der Waals surface area contributed by atoms with Crippen molar-refractivity contribution in [1.82, 2.24) is 10.3 Å². The number of rotatable bonds is 1. The summed E-state index contributed by atoms with van der Waals surface area (Å²) in [6, 6.07) is 9.36. The largest absolute Gasteiger partial charge is 0.355 e. The maximum atomic E-state index is 11.5. The Morgan fingerprint density at radius 3 is 2.59 bits per heavy atom. The van der Waals surface area contributed by atoms with Gasteiger partial charge < -0.3 is 5.32 Å². The number of hydrogen-bond donors (Lipinski definition) is 1. The molecule has 3 nitrogen and oxygen atoms in total. The van der Waals surface area contributed by atoms with Gasteiger partial charge in [0.15, 0.2) is 0 Å². The van der Waals surface area contributed by atoms with Gasteiger partial charge in [-0.3, -0.25) is 9.78 Å². The van der Waals surface area contributed by atoms with Crippen LogP contribution in [0.15, 0.2) is 36.5 Å². The van der Waals surface area contributed by atoms with Gasteiger partial charge in [-0.15, -0.1) is 0 Å². The van der Waals surface area contributed by atoms with Crippen LogP contribution in [0.5, 0.6) is 0 Å². The van der Waals surface area contributed by atoms with E-state index in [1.54, 1.807) is 19.3 Å². The third-order valence-corrected chi connectivity index (χ3v) is 2.10. The molecule has 0 aliphatic carbocycles. The van der Waals surface area contributed by atoms with E-state index < -0.39 is 0 Å². The van der Waals surface area contributed by atoms with Crippen molar-refractivity contribution in [2.45, 2.75) is 20.3 Å². The van der Waals surface area contributed by atoms with Crippen LogP contribution in [-0.4, -0.2) is 17.9 Å². The summed E-state index contributed by atoms with van der Waals surface area (Å²) in [5.74, 6) is -0.103. The van der Waals surface area contributed by atoms with Gasteiger partial charge in [-0.25, -0.2) is 0 Å². The number of para-hydroxylation sites is 1. The highest BCUT2D eigenvalue weighted by atomic mass is 16.1. The van der Waals surface area contributed by atoms with Crippen molar-refractivity contribution < 1.29 is 6.22 Å². The first-order chi connectivity index (χ1) is 8.24. The molecule has 1 amide bonds. The van der Waals surface area contributed by atoms with Gasteiger partial charge in [-0.05, 0) is 12.1 Å². The Labute approximate surface area is 103 Å². The molecule has 0 radical (unpaired) electrons. The molecule has 0 aliphatic rings.